The highest BCUT2D eigenvalue weighted by molar-refractivity contribution is 7.16. The van der Waals surface area contributed by atoms with Crippen molar-refractivity contribution in [3.05, 3.63) is 73.6 Å². The molecule has 1 aliphatic rings. The van der Waals surface area contributed by atoms with Gasteiger partial charge < -0.3 is 9.47 Å². The van der Waals surface area contributed by atoms with Crippen LogP contribution in [0.25, 0.3) is 0 Å². The van der Waals surface area contributed by atoms with Crippen LogP contribution in [0.15, 0.2) is 41.4 Å². The van der Waals surface area contributed by atoms with Crippen LogP contribution in [-0.2, 0) is 19.0 Å². The molecule has 2 aromatic carbocycles. The summed E-state index contributed by atoms with van der Waals surface area (Å²) in [5, 5.41) is 21.9. The van der Waals surface area contributed by atoms with Crippen LogP contribution in [0.3, 0.4) is 0 Å². The number of rotatable bonds is 7. The number of nitro benzene ring substituents is 1. The topological polar surface area (TPSA) is 97.8 Å². The minimum absolute atomic E-state index is 0.0967. The van der Waals surface area contributed by atoms with E-state index in [0.717, 1.165) is 37.0 Å². The van der Waals surface area contributed by atoms with Crippen LogP contribution < -0.4 is 9.47 Å². The Morgan fingerprint density at radius 2 is 1.90 bits per heavy atom. The van der Waals surface area contributed by atoms with Crippen LogP contribution in [0.4, 0.5) is 23.9 Å². The molecule has 7 nitrogen and oxygen atoms in total. The smallest absolute Gasteiger partial charge is 0.416 e. The first-order chi connectivity index (χ1) is 18.8. The van der Waals surface area contributed by atoms with Crippen LogP contribution in [0.5, 0.6) is 17.2 Å². The fourth-order valence-electron chi connectivity index (χ4n) is 4.65. The summed E-state index contributed by atoms with van der Waals surface area (Å²) in [4.78, 5) is 16.3. The molecule has 210 valence electrons. The molecular formula is C29H28F3N3O4S. The summed E-state index contributed by atoms with van der Waals surface area (Å²) in [6.07, 6.45) is -0.330. The number of hydrogen-bond donors (Lipinski definition) is 0. The zero-order chi connectivity index (χ0) is 29.2. The highest BCUT2D eigenvalue weighted by atomic mass is 32.1. The van der Waals surface area contributed by atoms with E-state index in [1.54, 1.807) is 25.3 Å². The molecule has 0 aliphatic heterocycles. The third-order valence-corrected chi connectivity index (χ3v) is 8.05. The Morgan fingerprint density at radius 1 is 1.18 bits per heavy atom. The van der Waals surface area contributed by atoms with E-state index in [1.165, 1.54) is 22.3 Å². The highest BCUT2D eigenvalue weighted by Crippen LogP contribution is 2.45. The van der Waals surface area contributed by atoms with Crippen LogP contribution in [0.1, 0.15) is 61.2 Å². The number of fused-ring (bicyclic) bond motifs is 1. The van der Waals surface area contributed by atoms with E-state index in [0.29, 0.717) is 28.1 Å². The molecule has 40 heavy (non-hydrogen) atoms. The average molecular weight is 572 g/mol. The van der Waals surface area contributed by atoms with E-state index in [2.05, 4.69) is 31.8 Å². The molecule has 11 heteroatoms. The lowest BCUT2D eigenvalue weighted by Gasteiger charge is -2.33. The Hall–Kier alpha value is -3.91. The predicted octanol–water partition coefficient (Wildman–Crippen LogP) is 8.64. The zero-order valence-electron chi connectivity index (χ0n) is 22.5. The molecule has 1 heterocycles. The first-order valence-electron chi connectivity index (χ1n) is 12.7. The fourth-order valence-corrected chi connectivity index (χ4v) is 5.87. The van der Waals surface area contributed by atoms with E-state index < -0.39 is 22.4 Å². The number of alkyl halides is 3. The quantitative estimate of drug-likeness (QED) is 0.161. The molecule has 0 N–H and O–H groups in total. The molecular weight excluding hydrogens is 543 g/mol. The lowest BCUT2D eigenvalue weighted by atomic mass is 9.72. The van der Waals surface area contributed by atoms with Gasteiger partial charge in [0.25, 0.3) is 0 Å². The van der Waals surface area contributed by atoms with Crippen LogP contribution >= 0.6 is 11.3 Å². The second-order valence-electron chi connectivity index (χ2n) is 10.5. The van der Waals surface area contributed by atoms with Crippen molar-refractivity contribution in [3.63, 3.8) is 0 Å². The summed E-state index contributed by atoms with van der Waals surface area (Å²) in [6.45, 7) is 8.70. The van der Waals surface area contributed by atoms with Crippen LogP contribution in [-0.4, -0.2) is 17.7 Å². The monoisotopic (exact) mass is 571 g/mol. The number of nitrogens with zero attached hydrogens (tertiary/aromatic N) is 3. The third kappa shape index (κ3) is 6.28. The summed E-state index contributed by atoms with van der Waals surface area (Å²) < 4.78 is 50.5. The molecule has 1 aromatic heterocycles. The minimum atomic E-state index is -4.73. The Kier molecular flexibility index (Phi) is 8.21. The SMILES string of the molecule is CCOc1cc(C=Nc2sc3c(c2C#N)CC[C@@H](C(C)(C)C)C3)ccc1Oc1ccc(C(F)(F)F)cc1[N+](=O)[O-]. The molecule has 0 spiro atoms. The van der Waals surface area contributed by atoms with Crippen molar-refractivity contribution >= 4 is 28.2 Å². The van der Waals surface area contributed by atoms with Gasteiger partial charge in [0.1, 0.15) is 11.1 Å². The normalized spacial score (nSPS) is 15.5. The molecule has 4 rings (SSSR count). The third-order valence-electron chi connectivity index (χ3n) is 6.88. The van der Waals surface area contributed by atoms with Crippen LogP contribution in [0.2, 0.25) is 0 Å². The fraction of sp³-hybridized carbons (Fsp3) is 0.379. The number of aliphatic imine (C=N–C) groups is 1. The van der Waals surface area contributed by atoms with Gasteiger partial charge in [0, 0.05) is 17.2 Å². The number of nitriles is 1. The standard InChI is InChI=1S/C29H28F3N3O4S/c1-5-38-25-12-17(6-10-24(25)39-23-11-8-19(29(30,31)32)13-22(23)35(36)37)16-34-27-21(15-33)20-9-7-18(28(2,3)4)14-26(20)40-27/h6,8,10-13,16,18H,5,7,9,14H2,1-4H3/t18-/m1/s1. The van der Waals surface area contributed by atoms with Crippen molar-refractivity contribution in [3.8, 4) is 23.3 Å². The largest absolute Gasteiger partial charge is 0.490 e. The van der Waals surface area contributed by atoms with Crippen molar-refractivity contribution in [2.24, 2.45) is 16.3 Å². The maximum Gasteiger partial charge on any atom is 0.416 e. The highest BCUT2D eigenvalue weighted by Gasteiger charge is 2.34. The summed E-state index contributed by atoms with van der Waals surface area (Å²) in [7, 11) is 0. The Bertz CT molecular complexity index is 1500. The van der Waals surface area contributed by atoms with E-state index in [1.807, 2.05) is 0 Å². The van der Waals surface area contributed by atoms with E-state index in [-0.39, 0.29) is 29.3 Å². The van der Waals surface area contributed by atoms with Crippen molar-refractivity contribution in [1.82, 2.24) is 0 Å². The van der Waals surface area contributed by atoms with Crippen molar-refractivity contribution < 1.29 is 27.6 Å². The summed E-state index contributed by atoms with van der Waals surface area (Å²) in [5.41, 5.74) is 0.519. The minimum Gasteiger partial charge on any atom is -0.490 e. The zero-order valence-corrected chi connectivity index (χ0v) is 23.3. The van der Waals surface area contributed by atoms with Crippen molar-refractivity contribution in [2.45, 2.75) is 53.1 Å². The number of thiophene rings is 1. The summed E-state index contributed by atoms with van der Waals surface area (Å²) in [6, 6.07) is 9.16. The molecule has 1 aliphatic carbocycles. The van der Waals surface area contributed by atoms with Gasteiger partial charge in [0.2, 0.25) is 5.75 Å². The lowest BCUT2D eigenvalue weighted by molar-refractivity contribution is -0.385. The van der Waals surface area contributed by atoms with Gasteiger partial charge in [-0.15, -0.1) is 11.3 Å². The van der Waals surface area contributed by atoms with Crippen LogP contribution in [0, 0.1) is 32.8 Å². The Morgan fingerprint density at radius 3 is 2.52 bits per heavy atom. The average Bonchev–Trinajstić information content (AvgIpc) is 3.24. The first kappa shape index (κ1) is 29.1. The van der Waals surface area contributed by atoms with Crippen molar-refractivity contribution in [1.29, 1.82) is 5.26 Å². The summed E-state index contributed by atoms with van der Waals surface area (Å²) >= 11 is 1.53. The molecule has 1 atom stereocenters. The molecule has 0 radical (unpaired) electrons. The molecule has 0 saturated heterocycles. The Labute approximate surface area is 234 Å². The maximum absolute atomic E-state index is 13.1. The predicted molar refractivity (Wildman–Crippen MR) is 147 cm³/mol. The molecule has 0 saturated carbocycles. The second kappa shape index (κ2) is 11.3. The number of hydrogen-bond acceptors (Lipinski definition) is 7. The van der Waals surface area contributed by atoms with Gasteiger partial charge in [-0.05, 0) is 79.0 Å². The van der Waals surface area contributed by atoms with Gasteiger partial charge in [0.15, 0.2) is 11.5 Å². The maximum atomic E-state index is 13.1. The molecule has 0 fully saturated rings. The van der Waals surface area contributed by atoms with Gasteiger partial charge in [0.05, 0.1) is 22.7 Å². The number of nitro groups is 1. The second-order valence-corrected chi connectivity index (χ2v) is 11.6. The number of halogens is 3. The van der Waals surface area contributed by atoms with Gasteiger partial charge in [-0.3, -0.25) is 10.1 Å². The van der Waals surface area contributed by atoms with E-state index >= 15 is 0 Å². The van der Waals surface area contributed by atoms with Gasteiger partial charge >= 0.3 is 11.9 Å². The van der Waals surface area contributed by atoms with Gasteiger partial charge in [-0.1, -0.05) is 20.8 Å². The van der Waals surface area contributed by atoms with Crippen molar-refractivity contribution in [2.75, 3.05) is 6.61 Å². The lowest BCUT2D eigenvalue weighted by Crippen LogP contribution is -2.26. The van der Waals surface area contributed by atoms with E-state index in [9.17, 15) is 28.5 Å². The van der Waals surface area contributed by atoms with Gasteiger partial charge in [-0.2, -0.15) is 18.4 Å². The first-order valence-corrected chi connectivity index (χ1v) is 13.5. The number of ether oxygens (including phenoxy) is 2. The molecule has 3 aromatic rings. The molecule has 0 bridgehead atoms. The van der Waals surface area contributed by atoms with E-state index in [4.69, 9.17) is 9.47 Å². The Balaban J connectivity index is 1.62. The number of benzene rings is 2. The molecule has 0 unspecified atom stereocenters. The molecule has 0 amide bonds. The van der Waals surface area contributed by atoms with Gasteiger partial charge in [-0.25, -0.2) is 4.99 Å². The summed E-state index contributed by atoms with van der Waals surface area (Å²) in [5.74, 6) is 0.514.